The summed E-state index contributed by atoms with van der Waals surface area (Å²) in [4.78, 5) is 11.1. The van der Waals surface area contributed by atoms with Crippen LogP contribution in [0.15, 0.2) is 42.5 Å². The summed E-state index contributed by atoms with van der Waals surface area (Å²) in [6.45, 7) is 1.92. The van der Waals surface area contributed by atoms with Crippen LogP contribution in [0.5, 0.6) is 0 Å². The summed E-state index contributed by atoms with van der Waals surface area (Å²) in [6, 6.07) is 11.6. The lowest BCUT2D eigenvalue weighted by molar-refractivity contribution is -0.117. The van der Waals surface area contributed by atoms with Gasteiger partial charge in [0.1, 0.15) is 5.82 Å². The molecular weight excluding hydrogens is 291 g/mol. The molecular formula is C16H16ClFN2O. The molecule has 21 heavy (non-hydrogen) atoms. The SMILES string of the molecule is CC(Nc1ccccc1CC(N)=O)c1ccc(F)cc1Cl. The second-order valence-corrected chi connectivity index (χ2v) is 5.24. The quantitative estimate of drug-likeness (QED) is 0.885. The highest BCUT2D eigenvalue weighted by atomic mass is 35.5. The van der Waals surface area contributed by atoms with Gasteiger partial charge in [0.05, 0.1) is 12.5 Å². The van der Waals surface area contributed by atoms with E-state index in [1.54, 1.807) is 6.07 Å². The maximum absolute atomic E-state index is 13.1. The molecule has 3 nitrogen and oxygen atoms in total. The standard InChI is InChI=1S/C16H16ClFN2O/c1-10(13-7-6-12(18)9-14(13)17)20-15-5-3-2-4-11(15)8-16(19)21/h2-7,9-10,20H,8H2,1H3,(H2,19,21). The van der Waals surface area contributed by atoms with Crippen molar-refractivity contribution in [2.75, 3.05) is 5.32 Å². The van der Waals surface area contributed by atoms with E-state index in [0.29, 0.717) is 5.02 Å². The zero-order valence-electron chi connectivity index (χ0n) is 11.6. The molecule has 0 radical (unpaired) electrons. The molecule has 0 aliphatic carbocycles. The molecule has 0 spiro atoms. The highest BCUT2D eigenvalue weighted by Crippen LogP contribution is 2.28. The van der Waals surface area contributed by atoms with Crippen LogP contribution in [0.3, 0.4) is 0 Å². The minimum absolute atomic E-state index is 0.132. The Balaban J connectivity index is 2.23. The smallest absolute Gasteiger partial charge is 0.221 e. The second-order valence-electron chi connectivity index (χ2n) is 4.83. The number of para-hydroxylation sites is 1. The molecule has 0 aliphatic heterocycles. The van der Waals surface area contributed by atoms with E-state index in [1.165, 1.54) is 12.1 Å². The summed E-state index contributed by atoms with van der Waals surface area (Å²) < 4.78 is 13.1. The van der Waals surface area contributed by atoms with Crippen molar-refractivity contribution in [2.45, 2.75) is 19.4 Å². The molecule has 5 heteroatoms. The average Bonchev–Trinajstić information content (AvgIpc) is 2.40. The molecule has 0 saturated heterocycles. The first kappa shape index (κ1) is 15.3. The molecule has 110 valence electrons. The van der Waals surface area contributed by atoms with Crippen molar-refractivity contribution in [3.63, 3.8) is 0 Å². The van der Waals surface area contributed by atoms with Crippen LogP contribution in [0.2, 0.25) is 5.02 Å². The second kappa shape index (κ2) is 6.59. The van der Waals surface area contributed by atoms with Crippen LogP contribution < -0.4 is 11.1 Å². The van der Waals surface area contributed by atoms with Crippen LogP contribution in [0.25, 0.3) is 0 Å². The maximum Gasteiger partial charge on any atom is 0.221 e. The van der Waals surface area contributed by atoms with Gasteiger partial charge in [-0.3, -0.25) is 4.79 Å². The Hall–Kier alpha value is -2.07. The molecule has 1 unspecified atom stereocenters. The van der Waals surface area contributed by atoms with Gasteiger partial charge >= 0.3 is 0 Å². The minimum Gasteiger partial charge on any atom is -0.378 e. The fraction of sp³-hybridized carbons (Fsp3) is 0.188. The Morgan fingerprint density at radius 3 is 2.71 bits per heavy atom. The molecule has 0 bridgehead atoms. The number of primary amides is 1. The molecule has 2 aromatic rings. The Bertz CT molecular complexity index is 660. The van der Waals surface area contributed by atoms with Crippen LogP contribution in [-0.2, 0) is 11.2 Å². The number of halogens is 2. The van der Waals surface area contributed by atoms with E-state index in [-0.39, 0.29) is 18.3 Å². The van der Waals surface area contributed by atoms with Gasteiger partial charge in [-0.1, -0.05) is 35.9 Å². The van der Waals surface area contributed by atoms with Gasteiger partial charge in [-0.25, -0.2) is 4.39 Å². The van der Waals surface area contributed by atoms with Crippen LogP contribution in [0, 0.1) is 5.82 Å². The number of benzene rings is 2. The molecule has 0 aliphatic rings. The average molecular weight is 307 g/mol. The van der Waals surface area contributed by atoms with E-state index in [2.05, 4.69) is 5.32 Å². The highest BCUT2D eigenvalue weighted by molar-refractivity contribution is 6.31. The van der Waals surface area contributed by atoms with Crippen molar-refractivity contribution in [2.24, 2.45) is 5.73 Å². The third-order valence-corrected chi connectivity index (χ3v) is 3.51. The lowest BCUT2D eigenvalue weighted by Gasteiger charge is -2.19. The van der Waals surface area contributed by atoms with Crippen LogP contribution >= 0.6 is 11.6 Å². The zero-order valence-corrected chi connectivity index (χ0v) is 12.3. The fourth-order valence-electron chi connectivity index (χ4n) is 2.17. The summed E-state index contributed by atoms with van der Waals surface area (Å²) in [5.41, 5.74) is 7.66. The topological polar surface area (TPSA) is 55.1 Å². The molecule has 1 atom stereocenters. The van der Waals surface area contributed by atoms with Crippen molar-refractivity contribution in [3.8, 4) is 0 Å². The summed E-state index contributed by atoms with van der Waals surface area (Å²) >= 11 is 6.06. The third kappa shape index (κ3) is 3.95. The van der Waals surface area contributed by atoms with Crippen LogP contribution in [0.1, 0.15) is 24.1 Å². The summed E-state index contributed by atoms with van der Waals surface area (Å²) in [5, 5.41) is 3.64. The molecule has 0 aromatic heterocycles. The number of nitrogens with one attached hydrogen (secondary N) is 1. The van der Waals surface area contributed by atoms with Gasteiger partial charge in [0.2, 0.25) is 5.91 Å². The third-order valence-electron chi connectivity index (χ3n) is 3.18. The molecule has 1 amide bonds. The summed E-state index contributed by atoms with van der Waals surface area (Å²) in [5.74, 6) is -0.762. The van der Waals surface area contributed by atoms with Gasteiger partial charge in [0, 0.05) is 10.7 Å². The Kier molecular flexibility index (Phi) is 4.81. The first-order valence-corrected chi connectivity index (χ1v) is 6.93. The molecule has 2 aromatic carbocycles. The van der Waals surface area contributed by atoms with Crippen LogP contribution in [-0.4, -0.2) is 5.91 Å². The molecule has 0 heterocycles. The monoisotopic (exact) mass is 306 g/mol. The first-order chi connectivity index (χ1) is 9.97. The van der Waals surface area contributed by atoms with Gasteiger partial charge in [-0.05, 0) is 36.2 Å². The van der Waals surface area contributed by atoms with Crippen molar-refractivity contribution < 1.29 is 9.18 Å². The van der Waals surface area contributed by atoms with E-state index in [1.807, 2.05) is 31.2 Å². The summed E-state index contributed by atoms with van der Waals surface area (Å²) in [7, 11) is 0. The van der Waals surface area contributed by atoms with Gasteiger partial charge in [0.15, 0.2) is 0 Å². The number of hydrogen-bond acceptors (Lipinski definition) is 2. The van der Waals surface area contributed by atoms with Crippen molar-refractivity contribution >= 4 is 23.2 Å². The lowest BCUT2D eigenvalue weighted by Crippen LogP contribution is -2.16. The number of carbonyl (C=O) groups is 1. The summed E-state index contributed by atoms with van der Waals surface area (Å²) in [6.07, 6.45) is 0.160. The van der Waals surface area contributed by atoms with Crippen LogP contribution in [0.4, 0.5) is 10.1 Å². The van der Waals surface area contributed by atoms with Gasteiger partial charge < -0.3 is 11.1 Å². The van der Waals surface area contributed by atoms with Crippen molar-refractivity contribution in [1.29, 1.82) is 0 Å². The predicted molar refractivity (Wildman–Crippen MR) is 82.8 cm³/mol. The van der Waals surface area contributed by atoms with E-state index >= 15 is 0 Å². The molecule has 0 saturated carbocycles. The lowest BCUT2D eigenvalue weighted by atomic mass is 10.1. The number of amides is 1. The molecule has 3 N–H and O–H groups in total. The number of nitrogens with two attached hydrogens (primary N) is 1. The molecule has 0 fully saturated rings. The number of anilines is 1. The normalized spacial score (nSPS) is 12.0. The maximum atomic E-state index is 13.1. The largest absolute Gasteiger partial charge is 0.378 e. The van der Waals surface area contributed by atoms with E-state index in [0.717, 1.165) is 16.8 Å². The zero-order chi connectivity index (χ0) is 15.4. The van der Waals surface area contributed by atoms with Gasteiger partial charge in [0.25, 0.3) is 0 Å². The van der Waals surface area contributed by atoms with Gasteiger partial charge in [-0.15, -0.1) is 0 Å². The highest BCUT2D eigenvalue weighted by Gasteiger charge is 2.12. The predicted octanol–water partition coefficient (Wildman–Crippen LogP) is 3.68. The Morgan fingerprint density at radius 2 is 2.05 bits per heavy atom. The van der Waals surface area contributed by atoms with Crippen molar-refractivity contribution in [1.82, 2.24) is 0 Å². The van der Waals surface area contributed by atoms with E-state index in [9.17, 15) is 9.18 Å². The first-order valence-electron chi connectivity index (χ1n) is 6.55. The molecule has 2 rings (SSSR count). The minimum atomic E-state index is -0.392. The number of carbonyl (C=O) groups excluding carboxylic acids is 1. The van der Waals surface area contributed by atoms with E-state index < -0.39 is 5.91 Å². The van der Waals surface area contributed by atoms with E-state index in [4.69, 9.17) is 17.3 Å². The van der Waals surface area contributed by atoms with Gasteiger partial charge in [-0.2, -0.15) is 0 Å². The van der Waals surface area contributed by atoms with Crippen molar-refractivity contribution in [3.05, 3.63) is 64.4 Å². The number of rotatable bonds is 5. The Labute approximate surface area is 127 Å². The Morgan fingerprint density at radius 1 is 1.33 bits per heavy atom. The fourth-order valence-corrected chi connectivity index (χ4v) is 2.50. The number of hydrogen-bond donors (Lipinski definition) is 2.